The van der Waals surface area contributed by atoms with Gasteiger partial charge in [0.15, 0.2) is 9.84 Å². The van der Waals surface area contributed by atoms with Crippen LogP contribution in [-0.4, -0.2) is 30.1 Å². The molecule has 146 valence electrons. The van der Waals surface area contributed by atoms with Crippen LogP contribution in [0.3, 0.4) is 0 Å². The van der Waals surface area contributed by atoms with Crippen LogP contribution in [0.1, 0.15) is 33.4 Å². The Hall–Kier alpha value is -3.00. The van der Waals surface area contributed by atoms with Gasteiger partial charge < -0.3 is 9.88 Å². The largest absolute Gasteiger partial charge is 0.338 e. The van der Waals surface area contributed by atoms with Gasteiger partial charge in [-0.3, -0.25) is 4.79 Å². The highest BCUT2D eigenvalue weighted by molar-refractivity contribution is 7.89. The lowest BCUT2D eigenvalue weighted by Crippen LogP contribution is -2.31. The fourth-order valence-corrected chi connectivity index (χ4v) is 3.71. The van der Waals surface area contributed by atoms with Gasteiger partial charge in [0, 0.05) is 36.8 Å². The Morgan fingerprint density at radius 1 is 1.18 bits per heavy atom. The average Bonchev–Trinajstić information content (AvgIpc) is 3.05. The van der Waals surface area contributed by atoms with Crippen LogP contribution in [0.2, 0.25) is 0 Å². The van der Waals surface area contributed by atoms with E-state index in [9.17, 15) is 17.6 Å². The quantitative estimate of drug-likeness (QED) is 0.689. The number of imidazole rings is 1. The lowest BCUT2D eigenvalue weighted by atomic mass is 10.0. The predicted octanol–water partition coefficient (Wildman–Crippen LogP) is 2.62. The first-order valence-electron chi connectivity index (χ1n) is 8.54. The summed E-state index contributed by atoms with van der Waals surface area (Å²) in [6.07, 6.45) is 4.45. The molecule has 6 nitrogen and oxygen atoms in total. The average molecular weight is 401 g/mol. The number of halogens is 1. The monoisotopic (exact) mass is 401 g/mol. The van der Waals surface area contributed by atoms with E-state index in [0.29, 0.717) is 22.5 Å². The van der Waals surface area contributed by atoms with Crippen LogP contribution in [0.5, 0.6) is 0 Å². The molecule has 8 heteroatoms. The lowest BCUT2D eigenvalue weighted by Gasteiger charge is -2.20. The number of amides is 1. The fraction of sp³-hybridized carbons (Fsp3) is 0.200. The van der Waals surface area contributed by atoms with E-state index in [1.165, 1.54) is 6.07 Å². The minimum absolute atomic E-state index is 0.0972. The molecule has 0 bridgehead atoms. The summed E-state index contributed by atoms with van der Waals surface area (Å²) in [5, 5.41) is 2.82. The van der Waals surface area contributed by atoms with Gasteiger partial charge >= 0.3 is 0 Å². The maximum atomic E-state index is 14.4. The van der Waals surface area contributed by atoms with Crippen LogP contribution < -0.4 is 5.32 Å². The third-order valence-corrected chi connectivity index (χ3v) is 5.11. The molecule has 1 amide bonds. The van der Waals surface area contributed by atoms with Crippen molar-refractivity contribution in [1.29, 1.82) is 0 Å². The van der Waals surface area contributed by atoms with Gasteiger partial charge in [-0.1, -0.05) is 30.3 Å². The number of carbonyl (C=O) groups is 1. The van der Waals surface area contributed by atoms with Crippen LogP contribution in [0.4, 0.5) is 4.39 Å². The molecule has 1 aromatic heterocycles. The molecule has 0 radical (unpaired) electrons. The van der Waals surface area contributed by atoms with Crippen LogP contribution in [-0.2, 0) is 22.6 Å². The normalized spacial score (nSPS) is 12.5. The zero-order chi connectivity index (χ0) is 20.3. The highest BCUT2D eigenvalue weighted by Crippen LogP contribution is 2.23. The maximum Gasteiger partial charge on any atom is 0.252 e. The molecule has 2 aromatic carbocycles. The number of hydrogen-bond acceptors (Lipinski definition) is 4. The van der Waals surface area contributed by atoms with E-state index in [4.69, 9.17) is 0 Å². The lowest BCUT2D eigenvalue weighted by molar-refractivity contribution is 0.0940. The summed E-state index contributed by atoms with van der Waals surface area (Å²) in [5.41, 5.74) is 1.24. The predicted molar refractivity (Wildman–Crippen MR) is 104 cm³/mol. The summed E-state index contributed by atoms with van der Waals surface area (Å²) in [6.45, 7) is 0. The third-order valence-electron chi connectivity index (χ3n) is 4.25. The topological polar surface area (TPSA) is 81.1 Å². The van der Waals surface area contributed by atoms with Crippen LogP contribution >= 0.6 is 0 Å². The molecule has 1 N–H and O–H groups in total. The molecule has 0 aliphatic heterocycles. The van der Waals surface area contributed by atoms with Crippen molar-refractivity contribution in [2.75, 3.05) is 6.26 Å². The van der Waals surface area contributed by atoms with Crippen molar-refractivity contribution in [2.24, 2.45) is 7.05 Å². The fourth-order valence-electron chi connectivity index (χ4n) is 2.92. The Labute approximate surface area is 163 Å². The highest BCUT2D eigenvalue weighted by Gasteiger charge is 2.24. The van der Waals surface area contributed by atoms with Crippen LogP contribution in [0.15, 0.2) is 60.9 Å². The number of benzene rings is 2. The van der Waals surface area contributed by atoms with Crippen molar-refractivity contribution >= 4 is 15.7 Å². The van der Waals surface area contributed by atoms with E-state index in [0.717, 1.165) is 6.26 Å². The number of carbonyl (C=O) groups excluding carboxylic acids is 1. The summed E-state index contributed by atoms with van der Waals surface area (Å²) < 4.78 is 38.9. The van der Waals surface area contributed by atoms with Gasteiger partial charge in [0.25, 0.3) is 5.91 Å². The van der Waals surface area contributed by atoms with Gasteiger partial charge in [0.2, 0.25) is 0 Å². The van der Waals surface area contributed by atoms with E-state index in [1.807, 2.05) is 0 Å². The summed E-state index contributed by atoms with van der Waals surface area (Å²) in [4.78, 5) is 17.0. The number of sulfone groups is 1. The zero-order valence-corrected chi connectivity index (χ0v) is 16.3. The number of nitrogens with zero attached hydrogens (tertiary/aromatic N) is 2. The standard InChI is InChI=1S/C20H20FN3O3S/c1-24-12-11-22-19(24)18(16-5-3-4-6-17(16)21)23-20(25)15-9-7-14(8-10-15)13-28(2,26)27/h3-12,18H,13H2,1-2H3,(H,23,25)/t18-/m0/s1. The summed E-state index contributed by atoms with van der Waals surface area (Å²) >= 11 is 0. The van der Waals surface area contributed by atoms with Crippen molar-refractivity contribution < 1.29 is 17.6 Å². The smallest absolute Gasteiger partial charge is 0.252 e. The second-order valence-electron chi connectivity index (χ2n) is 6.59. The first kappa shape index (κ1) is 19.8. The van der Waals surface area contributed by atoms with Gasteiger partial charge in [0.05, 0.1) is 5.75 Å². The van der Waals surface area contributed by atoms with Crippen molar-refractivity contribution in [1.82, 2.24) is 14.9 Å². The van der Waals surface area contributed by atoms with Crippen molar-refractivity contribution in [3.05, 3.63) is 89.3 Å². The Bertz CT molecular complexity index is 1090. The molecule has 0 unspecified atom stereocenters. The second-order valence-corrected chi connectivity index (χ2v) is 8.73. The van der Waals surface area contributed by atoms with Crippen LogP contribution in [0.25, 0.3) is 0 Å². The molecule has 3 rings (SSSR count). The molecule has 1 atom stereocenters. The summed E-state index contributed by atoms with van der Waals surface area (Å²) in [5.74, 6) is -0.464. The van der Waals surface area contributed by atoms with Crippen molar-refractivity contribution in [2.45, 2.75) is 11.8 Å². The van der Waals surface area contributed by atoms with Gasteiger partial charge in [-0.25, -0.2) is 17.8 Å². The number of aromatic nitrogens is 2. The minimum Gasteiger partial charge on any atom is -0.338 e. The molecule has 0 saturated heterocycles. The number of rotatable bonds is 6. The van der Waals surface area contributed by atoms with E-state index in [2.05, 4.69) is 10.3 Å². The number of aryl methyl sites for hydroxylation is 1. The molecule has 0 aliphatic rings. The molecular weight excluding hydrogens is 381 g/mol. The highest BCUT2D eigenvalue weighted by atomic mass is 32.2. The Morgan fingerprint density at radius 2 is 1.86 bits per heavy atom. The van der Waals surface area contributed by atoms with E-state index in [-0.39, 0.29) is 5.75 Å². The Balaban J connectivity index is 1.88. The van der Waals surface area contributed by atoms with E-state index >= 15 is 0 Å². The second kappa shape index (κ2) is 7.93. The molecule has 0 aliphatic carbocycles. The summed E-state index contributed by atoms with van der Waals surface area (Å²) in [6, 6.07) is 11.7. The van der Waals surface area contributed by atoms with Gasteiger partial charge in [-0.2, -0.15) is 0 Å². The summed E-state index contributed by atoms with van der Waals surface area (Å²) in [7, 11) is -1.39. The number of hydrogen-bond donors (Lipinski definition) is 1. The van der Waals surface area contributed by atoms with Crippen molar-refractivity contribution in [3.63, 3.8) is 0 Å². The molecular formula is C20H20FN3O3S. The third kappa shape index (κ3) is 4.64. The van der Waals surface area contributed by atoms with Gasteiger partial charge in [-0.05, 0) is 23.8 Å². The van der Waals surface area contributed by atoms with E-state index in [1.54, 1.807) is 66.5 Å². The molecule has 0 saturated carbocycles. The van der Waals surface area contributed by atoms with Crippen molar-refractivity contribution in [3.8, 4) is 0 Å². The van der Waals surface area contributed by atoms with Crippen LogP contribution in [0, 0.1) is 5.82 Å². The molecule has 0 fully saturated rings. The maximum absolute atomic E-state index is 14.4. The molecule has 28 heavy (non-hydrogen) atoms. The van der Waals surface area contributed by atoms with Gasteiger partial charge in [0.1, 0.15) is 17.7 Å². The Morgan fingerprint density at radius 3 is 2.43 bits per heavy atom. The SMILES string of the molecule is Cn1ccnc1[C@@H](NC(=O)c1ccc(CS(C)(=O)=O)cc1)c1ccccc1F. The molecule has 3 aromatic rings. The number of nitrogens with one attached hydrogen (secondary N) is 1. The Kier molecular flexibility index (Phi) is 5.60. The van der Waals surface area contributed by atoms with E-state index < -0.39 is 27.6 Å². The first-order chi connectivity index (χ1) is 13.2. The zero-order valence-electron chi connectivity index (χ0n) is 15.5. The first-order valence-corrected chi connectivity index (χ1v) is 10.6. The molecule has 1 heterocycles. The van der Waals surface area contributed by atoms with Gasteiger partial charge in [-0.15, -0.1) is 0 Å². The molecule has 0 spiro atoms. The minimum atomic E-state index is -3.16.